The molecular weight excluding hydrogens is 574 g/mol. The standard InChI is InChI=1S/C36H63NO8/c1-3-5-7-9-11-13-14-15-16-17-18-20-22-24-26-32(40)37-29(30(39)25-23-21-19-12-10-8-6-4-2)28-44-36-35(43)34(42)33(41)31(27-38)45-36/h9-12,14-15,23,25,29-31,33-36,38-39,41-43H,3-8,13,16-22,24,26-28H2,1-2H3,(H,37,40)/b11-9-,12-10+,15-14-,25-23+. The van der Waals surface area contributed by atoms with Gasteiger partial charge in [0.25, 0.3) is 0 Å². The van der Waals surface area contributed by atoms with E-state index in [0.29, 0.717) is 6.42 Å². The zero-order chi connectivity index (χ0) is 33.1. The molecule has 45 heavy (non-hydrogen) atoms. The summed E-state index contributed by atoms with van der Waals surface area (Å²) in [7, 11) is 0. The van der Waals surface area contributed by atoms with Gasteiger partial charge in [0, 0.05) is 6.42 Å². The van der Waals surface area contributed by atoms with Crippen LogP contribution in [-0.2, 0) is 14.3 Å². The highest BCUT2D eigenvalue weighted by molar-refractivity contribution is 5.76. The first-order valence-corrected chi connectivity index (χ1v) is 17.4. The second kappa shape index (κ2) is 27.3. The van der Waals surface area contributed by atoms with Crippen LogP contribution in [0.4, 0.5) is 0 Å². The second-order valence-electron chi connectivity index (χ2n) is 11.9. The normalized spacial score (nSPS) is 23.9. The molecule has 6 N–H and O–H groups in total. The summed E-state index contributed by atoms with van der Waals surface area (Å²) in [5.74, 6) is -0.210. The maximum absolute atomic E-state index is 12.8. The lowest BCUT2D eigenvalue weighted by Gasteiger charge is -2.40. The lowest BCUT2D eigenvalue weighted by molar-refractivity contribution is -0.302. The fourth-order valence-corrected chi connectivity index (χ4v) is 4.93. The predicted molar refractivity (Wildman–Crippen MR) is 179 cm³/mol. The molecular formula is C36H63NO8. The van der Waals surface area contributed by atoms with Crippen molar-refractivity contribution < 1.29 is 39.8 Å². The molecule has 1 heterocycles. The van der Waals surface area contributed by atoms with Gasteiger partial charge in [0.1, 0.15) is 24.4 Å². The number of aliphatic hydroxyl groups is 5. The van der Waals surface area contributed by atoms with Crippen LogP contribution >= 0.6 is 0 Å². The molecule has 1 saturated heterocycles. The molecule has 7 atom stereocenters. The summed E-state index contributed by atoms with van der Waals surface area (Å²) in [5, 5.41) is 53.6. The fourth-order valence-electron chi connectivity index (χ4n) is 4.93. The van der Waals surface area contributed by atoms with E-state index in [1.165, 1.54) is 12.8 Å². The van der Waals surface area contributed by atoms with Crippen LogP contribution in [-0.4, -0.2) is 87.5 Å². The minimum atomic E-state index is -1.57. The van der Waals surface area contributed by atoms with Crippen LogP contribution in [0.15, 0.2) is 48.6 Å². The van der Waals surface area contributed by atoms with Gasteiger partial charge in [0.15, 0.2) is 6.29 Å². The molecule has 0 aromatic carbocycles. The Morgan fingerprint density at radius 2 is 1.33 bits per heavy atom. The van der Waals surface area contributed by atoms with E-state index in [0.717, 1.165) is 83.5 Å². The molecule has 0 aromatic heterocycles. The third-order valence-electron chi connectivity index (χ3n) is 7.88. The van der Waals surface area contributed by atoms with E-state index in [1.54, 1.807) is 6.08 Å². The topological polar surface area (TPSA) is 149 Å². The molecule has 1 aliphatic heterocycles. The Hall–Kier alpha value is -1.85. The molecule has 0 aromatic rings. The van der Waals surface area contributed by atoms with Gasteiger partial charge in [-0.15, -0.1) is 0 Å². The van der Waals surface area contributed by atoms with Crippen molar-refractivity contribution in [3.8, 4) is 0 Å². The van der Waals surface area contributed by atoms with Gasteiger partial charge in [-0.1, -0.05) is 107 Å². The Labute approximate surface area is 272 Å². The molecule has 1 amide bonds. The number of hydrogen-bond donors (Lipinski definition) is 6. The second-order valence-corrected chi connectivity index (χ2v) is 11.9. The van der Waals surface area contributed by atoms with Crippen molar-refractivity contribution in [2.45, 2.75) is 159 Å². The van der Waals surface area contributed by atoms with E-state index in [4.69, 9.17) is 9.47 Å². The Kier molecular flexibility index (Phi) is 25.0. The molecule has 0 bridgehead atoms. The SMILES string of the molecule is CCCC/C=C\C/C=C\CCCCCCCC(=O)NC(COC1OC(CO)C(O)C(O)C1O)C(O)/C=C/CC/C=C/CCCC. The van der Waals surface area contributed by atoms with Gasteiger partial charge in [-0.25, -0.2) is 0 Å². The Morgan fingerprint density at radius 3 is 2.00 bits per heavy atom. The van der Waals surface area contributed by atoms with Gasteiger partial charge >= 0.3 is 0 Å². The molecule has 260 valence electrons. The van der Waals surface area contributed by atoms with Gasteiger partial charge in [-0.3, -0.25) is 4.79 Å². The largest absolute Gasteiger partial charge is 0.394 e. The summed E-state index contributed by atoms with van der Waals surface area (Å²) in [4.78, 5) is 12.8. The number of amides is 1. The monoisotopic (exact) mass is 637 g/mol. The Bertz CT molecular complexity index is 843. The van der Waals surface area contributed by atoms with Crippen LogP contribution in [0, 0.1) is 0 Å². The summed E-state index contributed by atoms with van der Waals surface area (Å²) in [6, 6.07) is -0.825. The van der Waals surface area contributed by atoms with Crippen molar-refractivity contribution in [1.82, 2.24) is 5.32 Å². The molecule has 0 saturated carbocycles. The van der Waals surface area contributed by atoms with Crippen molar-refractivity contribution >= 4 is 5.91 Å². The first-order chi connectivity index (χ1) is 21.8. The molecule has 1 aliphatic rings. The number of carbonyl (C=O) groups is 1. The van der Waals surface area contributed by atoms with Crippen molar-refractivity contribution in [2.24, 2.45) is 0 Å². The lowest BCUT2D eigenvalue weighted by Crippen LogP contribution is -2.60. The van der Waals surface area contributed by atoms with E-state index in [-0.39, 0.29) is 12.5 Å². The maximum Gasteiger partial charge on any atom is 0.220 e. The van der Waals surface area contributed by atoms with Crippen molar-refractivity contribution in [3.05, 3.63) is 48.6 Å². The number of rotatable bonds is 26. The number of nitrogens with one attached hydrogen (secondary N) is 1. The van der Waals surface area contributed by atoms with E-state index in [9.17, 15) is 30.3 Å². The van der Waals surface area contributed by atoms with Gasteiger partial charge in [-0.05, 0) is 51.4 Å². The van der Waals surface area contributed by atoms with Crippen molar-refractivity contribution in [3.63, 3.8) is 0 Å². The van der Waals surface area contributed by atoms with Gasteiger partial charge in [0.2, 0.25) is 5.91 Å². The van der Waals surface area contributed by atoms with Crippen molar-refractivity contribution in [2.75, 3.05) is 13.2 Å². The summed E-state index contributed by atoms with van der Waals surface area (Å²) < 4.78 is 11.1. The molecule has 0 radical (unpaired) electrons. The molecule has 1 rings (SSSR count). The number of carbonyl (C=O) groups excluding carboxylic acids is 1. The summed E-state index contributed by atoms with van der Waals surface area (Å²) in [6.07, 6.45) is 24.6. The molecule has 9 nitrogen and oxygen atoms in total. The molecule has 1 fully saturated rings. The zero-order valence-electron chi connectivity index (χ0n) is 27.8. The highest BCUT2D eigenvalue weighted by atomic mass is 16.7. The Morgan fingerprint density at radius 1 is 0.756 bits per heavy atom. The zero-order valence-corrected chi connectivity index (χ0v) is 27.8. The number of unbranched alkanes of at least 4 members (excludes halogenated alkanes) is 10. The minimum absolute atomic E-state index is 0.209. The summed E-state index contributed by atoms with van der Waals surface area (Å²) in [5.41, 5.74) is 0. The number of ether oxygens (including phenoxy) is 2. The van der Waals surface area contributed by atoms with E-state index < -0.39 is 49.5 Å². The molecule has 7 unspecified atom stereocenters. The average molecular weight is 638 g/mol. The first-order valence-electron chi connectivity index (χ1n) is 17.4. The van der Waals surface area contributed by atoms with Crippen molar-refractivity contribution in [1.29, 1.82) is 0 Å². The van der Waals surface area contributed by atoms with Crippen LogP contribution in [0.2, 0.25) is 0 Å². The number of aliphatic hydroxyl groups excluding tert-OH is 5. The summed E-state index contributed by atoms with van der Waals surface area (Å²) in [6.45, 7) is 3.58. The quantitative estimate of drug-likeness (QED) is 0.0563. The third kappa shape index (κ3) is 19.4. The van der Waals surface area contributed by atoms with Gasteiger partial charge in [-0.2, -0.15) is 0 Å². The first kappa shape index (κ1) is 41.2. The number of allylic oxidation sites excluding steroid dienone is 7. The summed E-state index contributed by atoms with van der Waals surface area (Å²) >= 11 is 0. The lowest BCUT2D eigenvalue weighted by atomic mass is 9.99. The molecule has 0 aliphatic carbocycles. The Balaban J connectivity index is 2.50. The maximum atomic E-state index is 12.8. The van der Waals surface area contributed by atoms with Crippen LogP contribution < -0.4 is 5.32 Å². The number of hydrogen-bond acceptors (Lipinski definition) is 8. The third-order valence-corrected chi connectivity index (χ3v) is 7.88. The predicted octanol–water partition coefficient (Wildman–Crippen LogP) is 5.15. The van der Waals surface area contributed by atoms with Crippen LogP contribution in [0.25, 0.3) is 0 Å². The van der Waals surface area contributed by atoms with E-state index in [2.05, 4.69) is 55.6 Å². The van der Waals surface area contributed by atoms with E-state index >= 15 is 0 Å². The molecule has 0 spiro atoms. The van der Waals surface area contributed by atoms with Crippen LogP contribution in [0.1, 0.15) is 117 Å². The van der Waals surface area contributed by atoms with Gasteiger partial charge in [0.05, 0.1) is 25.4 Å². The van der Waals surface area contributed by atoms with Gasteiger partial charge < -0.3 is 40.3 Å². The van der Waals surface area contributed by atoms with Crippen LogP contribution in [0.5, 0.6) is 0 Å². The molecule has 9 heteroatoms. The van der Waals surface area contributed by atoms with E-state index in [1.807, 2.05) is 6.08 Å². The smallest absolute Gasteiger partial charge is 0.220 e. The average Bonchev–Trinajstić information content (AvgIpc) is 3.04. The highest BCUT2D eigenvalue weighted by Crippen LogP contribution is 2.22. The minimum Gasteiger partial charge on any atom is -0.394 e. The highest BCUT2D eigenvalue weighted by Gasteiger charge is 2.44. The fraction of sp³-hybridized carbons (Fsp3) is 0.750. The van der Waals surface area contributed by atoms with Crippen LogP contribution in [0.3, 0.4) is 0 Å².